The molecule has 0 bridgehead atoms. The third kappa shape index (κ3) is 5.84. The number of esters is 1. The van der Waals surface area contributed by atoms with Gasteiger partial charge in [0, 0.05) is 21.2 Å². The van der Waals surface area contributed by atoms with Crippen LogP contribution in [0.4, 0.5) is 17.6 Å². The number of halogens is 5. The fourth-order valence-electron chi connectivity index (χ4n) is 2.90. The van der Waals surface area contributed by atoms with Gasteiger partial charge in [0.05, 0.1) is 18.4 Å². The molecule has 2 aromatic carbocycles. The van der Waals surface area contributed by atoms with E-state index in [4.69, 9.17) is 14.4 Å². The van der Waals surface area contributed by atoms with Crippen LogP contribution in [0.15, 0.2) is 45.1 Å². The molecule has 32 heavy (non-hydrogen) atoms. The van der Waals surface area contributed by atoms with Crippen LogP contribution in [0.2, 0.25) is 0 Å². The Kier molecular flexibility index (Phi) is 8.37. The van der Waals surface area contributed by atoms with Gasteiger partial charge in [-0.3, -0.25) is 0 Å². The summed E-state index contributed by atoms with van der Waals surface area (Å²) < 4.78 is 59.1. The molecule has 0 fully saturated rings. The van der Waals surface area contributed by atoms with Crippen molar-refractivity contribution in [2.75, 3.05) is 14.2 Å². The maximum absolute atomic E-state index is 14.3. The van der Waals surface area contributed by atoms with E-state index in [9.17, 15) is 22.4 Å². The molecule has 0 unspecified atom stereocenters. The fourth-order valence-corrected chi connectivity index (χ4v) is 3.33. The van der Waals surface area contributed by atoms with Crippen molar-refractivity contribution in [1.29, 1.82) is 0 Å². The van der Waals surface area contributed by atoms with E-state index < -0.39 is 29.1 Å². The van der Waals surface area contributed by atoms with Crippen LogP contribution in [-0.4, -0.2) is 31.6 Å². The lowest BCUT2D eigenvalue weighted by Crippen LogP contribution is -2.20. The van der Waals surface area contributed by atoms with Crippen molar-refractivity contribution in [3.05, 3.63) is 68.4 Å². The molecule has 0 spiro atoms. The first-order valence-electron chi connectivity index (χ1n) is 9.02. The molecule has 2 aromatic rings. The van der Waals surface area contributed by atoms with Crippen LogP contribution in [0.5, 0.6) is 0 Å². The molecule has 0 aliphatic heterocycles. The first-order chi connectivity index (χ1) is 15.0. The highest BCUT2D eigenvalue weighted by atomic mass is 79.9. The molecule has 0 aliphatic carbocycles. The molecule has 0 aromatic heterocycles. The van der Waals surface area contributed by atoms with Gasteiger partial charge in [-0.05, 0) is 31.5 Å². The van der Waals surface area contributed by atoms with Gasteiger partial charge in [-0.15, -0.1) is 0 Å². The number of nitrogens with zero attached hydrogens (tertiary/aromatic N) is 2. The Hall–Kier alpha value is -2.95. The van der Waals surface area contributed by atoms with Gasteiger partial charge < -0.3 is 14.4 Å². The summed E-state index contributed by atoms with van der Waals surface area (Å²) in [6, 6.07) is 6.65. The Morgan fingerprint density at radius 2 is 1.84 bits per heavy atom. The highest BCUT2D eigenvalue weighted by Crippen LogP contribution is 2.35. The second-order valence-electron chi connectivity index (χ2n) is 6.47. The van der Waals surface area contributed by atoms with Crippen molar-refractivity contribution >= 4 is 33.3 Å². The van der Waals surface area contributed by atoms with Crippen molar-refractivity contribution < 1.29 is 36.8 Å². The Balaban J connectivity index is 2.41. The highest BCUT2D eigenvalue weighted by molar-refractivity contribution is 9.10. The summed E-state index contributed by atoms with van der Waals surface area (Å²) in [5.41, 5.74) is -0.857. The summed E-state index contributed by atoms with van der Waals surface area (Å²) in [5, 5.41) is 7.37. The number of carbonyl (C=O) groups is 1. The first kappa shape index (κ1) is 25.3. The molecule has 0 N–H and O–H groups in total. The number of alkyl halides is 3. The van der Waals surface area contributed by atoms with E-state index in [0.717, 1.165) is 12.1 Å². The molecule has 0 saturated carbocycles. The van der Waals surface area contributed by atoms with Crippen molar-refractivity contribution in [3.63, 3.8) is 0 Å². The van der Waals surface area contributed by atoms with Crippen molar-refractivity contribution in [2.45, 2.75) is 26.6 Å². The Labute approximate surface area is 190 Å². The average molecular weight is 519 g/mol. The third-order valence-electron chi connectivity index (χ3n) is 4.36. The molecular weight excluding hydrogens is 500 g/mol. The standard InChI is InChI=1S/C21H19BrF4N2O4/c1-11-6-5-7-14(19(28-31-4)20(29)30-3)15(11)10-32-27-12(2)18-16(21(24,25)26)8-13(22)9-17(18)23/h5-9H,10H2,1-4H3/b27-12+,28-19+. The predicted molar refractivity (Wildman–Crippen MR) is 113 cm³/mol. The smallest absolute Gasteiger partial charge is 0.417 e. The average Bonchev–Trinajstić information content (AvgIpc) is 2.71. The maximum atomic E-state index is 14.3. The third-order valence-corrected chi connectivity index (χ3v) is 4.82. The zero-order chi connectivity index (χ0) is 24.1. The zero-order valence-electron chi connectivity index (χ0n) is 17.5. The Morgan fingerprint density at radius 3 is 2.44 bits per heavy atom. The van der Waals surface area contributed by atoms with Crippen LogP contribution in [-0.2, 0) is 32.0 Å². The Morgan fingerprint density at radius 1 is 1.16 bits per heavy atom. The largest absolute Gasteiger partial charge is 0.464 e. The van der Waals surface area contributed by atoms with E-state index >= 15 is 0 Å². The van der Waals surface area contributed by atoms with E-state index in [0.29, 0.717) is 16.7 Å². The lowest BCUT2D eigenvalue weighted by atomic mass is 9.99. The minimum Gasteiger partial charge on any atom is -0.464 e. The van der Waals surface area contributed by atoms with Gasteiger partial charge in [-0.2, -0.15) is 13.2 Å². The van der Waals surface area contributed by atoms with Crippen LogP contribution in [0.1, 0.15) is 34.7 Å². The van der Waals surface area contributed by atoms with Crippen LogP contribution in [0.25, 0.3) is 0 Å². The molecule has 2 rings (SSSR count). The van der Waals surface area contributed by atoms with Gasteiger partial charge in [0.2, 0.25) is 0 Å². The quantitative estimate of drug-likeness (QED) is 0.213. The second-order valence-corrected chi connectivity index (χ2v) is 7.39. The van der Waals surface area contributed by atoms with Gasteiger partial charge in [0.1, 0.15) is 19.5 Å². The Bertz CT molecular complexity index is 1070. The normalized spacial score (nSPS) is 12.5. The first-order valence-corrected chi connectivity index (χ1v) is 9.82. The van der Waals surface area contributed by atoms with Crippen molar-refractivity contribution in [3.8, 4) is 0 Å². The van der Waals surface area contributed by atoms with E-state index in [1.807, 2.05) is 0 Å². The van der Waals surface area contributed by atoms with Gasteiger partial charge >= 0.3 is 12.1 Å². The van der Waals surface area contributed by atoms with Crippen LogP contribution in [0, 0.1) is 12.7 Å². The SMILES string of the molecule is CO/N=C(/C(=O)OC)c1cccc(C)c1CO/N=C(\C)c1c(F)cc(Br)cc1C(F)(F)F. The molecule has 0 amide bonds. The number of oxime groups is 2. The van der Waals surface area contributed by atoms with Gasteiger partial charge in [0.25, 0.3) is 0 Å². The summed E-state index contributed by atoms with van der Waals surface area (Å²) >= 11 is 2.86. The number of rotatable bonds is 7. The minimum absolute atomic E-state index is 0.0582. The topological polar surface area (TPSA) is 69.5 Å². The van der Waals surface area contributed by atoms with Gasteiger partial charge in [-0.25, -0.2) is 9.18 Å². The summed E-state index contributed by atoms with van der Waals surface area (Å²) in [7, 11) is 2.44. The zero-order valence-corrected chi connectivity index (χ0v) is 19.1. The maximum Gasteiger partial charge on any atom is 0.417 e. The summed E-state index contributed by atoms with van der Waals surface area (Å²) in [4.78, 5) is 22.0. The fraction of sp³-hybridized carbons (Fsp3) is 0.286. The lowest BCUT2D eigenvalue weighted by Gasteiger charge is -2.15. The molecule has 0 heterocycles. The number of methoxy groups -OCH3 is 1. The molecule has 0 aliphatic rings. The summed E-state index contributed by atoms with van der Waals surface area (Å²) in [5.74, 6) is -1.86. The van der Waals surface area contributed by atoms with Crippen LogP contribution in [0.3, 0.4) is 0 Å². The molecule has 0 saturated heterocycles. The van der Waals surface area contributed by atoms with E-state index in [1.54, 1.807) is 25.1 Å². The van der Waals surface area contributed by atoms with Crippen LogP contribution < -0.4 is 0 Å². The van der Waals surface area contributed by atoms with Crippen molar-refractivity contribution in [1.82, 2.24) is 0 Å². The molecule has 172 valence electrons. The second kappa shape index (κ2) is 10.6. The number of aryl methyl sites for hydroxylation is 1. The summed E-state index contributed by atoms with van der Waals surface area (Å²) in [6.07, 6.45) is -4.80. The van der Waals surface area contributed by atoms with E-state index in [2.05, 4.69) is 26.2 Å². The van der Waals surface area contributed by atoms with Gasteiger partial charge in [-0.1, -0.05) is 44.4 Å². The molecule has 0 radical (unpaired) electrons. The highest BCUT2D eigenvalue weighted by Gasteiger charge is 2.36. The lowest BCUT2D eigenvalue weighted by molar-refractivity contribution is -0.138. The van der Waals surface area contributed by atoms with Gasteiger partial charge in [0.15, 0.2) is 5.71 Å². The number of hydrogen-bond donors (Lipinski definition) is 0. The molecular formula is C21H19BrF4N2O4. The molecule has 11 heteroatoms. The number of carbonyl (C=O) groups excluding carboxylic acids is 1. The molecule has 6 nitrogen and oxygen atoms in total. The monoisotopic (exact) mass is 518 g/mol. The van der Waals surface area contributed by atoms with Crippen LogP contribution >= 0.6 is 15.9 Å². The predicted octanol–water partition coefficient (Wildman–Crippen LogP) is 5.38. The minimum atomic E-state index is -4.80. The number of ether oxygens (including phenoxy) is 1. The van der Waals surface area contributed by atoms with Crippen molar-refractivity contribution in [2.24, 2.45) is 10.3 Å². The van der Waals surface area contributed by atoms with E-state index in [-0.39, 0.29) is 22.5 Å². The summed E-state index contributed by atoms with van der Waals surface area (Å²) in [6.45, 7) is 2.70. The number of hydrogen-bond acceptors (Lipinski definition) is 6. The number of benzene rings is 2. The molecule has 0 atom stereocenters. The van der Waals surface area contributed by atoms with E-state index in [1.165, 1.54) is 21.1 Å².